The molecule has 2 aliphatic rings. The van der Waals surface area contributed by atoms with E-state index < -0.39 is 28.4 Å². The smallest absolute Gasteiger partial charge is 0.407 e. The SMILES string of the molecule is O=C(O)N1CC2(CCN(CCS(=O)(=O)N(Cc3ccc(-c4nnc(C(F)F)o4)cc3)c3ccccc3)CC2)C1. The van der Waals surface area contributed by atoms with Crippen LogP contribution in [0.25, 0.3) is 11.5 Å². The van der Waals surface area contributed by atoms with E-state index in [9.17, 15) is 22.0 Å². The van der Waals surface area contributed by atoms with Gasteiger partial charge in [0.05, 0.1) is 18.0 Å². The highest BCUT2D eigenvalue weighted by atomic mass is 32.2. The molecule has 0 bridgehead atoms. The van der Waals surface area contributed by atoms with Crippen LogP contribution in [-0.4, -0.2) is 78.1 Å². The van der Waals surface area contributed by atoms with Crippen molar-refractivity contribution in [3.63, 3.8) is 0 Å². The number of hydrogen-bond donors (Lipinski definition) is 1. The number of para-hydroxylation sites is 1. The fourth-order valence-electron chi connectivity index (χ4n) is 5.12. The molecule has 2 aromatic carbocycles. The van der Waals surface area contributed by atoms with Crippen molar-refractivity contribution in [3.05, 3.63) is 66.1 Å². The van der Waals surface area contributed by atoms with Crippen molar-refractivity contribution in [3.8, 4) is 11.5 Å². The van der Waals surface area contributed by atoms with Gasteiger partial charge in [0.2, 0.25) is 15.9 Å². The number of alkyl halides is 2. The first kappa shape index (κ1) is 27.0. The molecule has 1 N–H and O–H groups in total. The Labute approximate surface area is 224 Å². The molecular weight excluding hydrogens is 532 g/mol. The van der Waals surface area contributed by atoms with Gasteiger partial charge in [-0.05, 0) is 55.8 Å². The largest absolute Gasteiger partial charge is 0.465 e. The Bertz CT molecular complexity index is 1390. The van der Waals surface area contributed by atoms with Gasteiger partial charge in [-0.1, -0.05) is 30.3 Å². The van der Waals surface area contributed by atoms with Crippen LogP contribution in [0.3, 0.4) is 0 Å². The molecule has 1 spiro atoms. The minimum atomic E-state index is -3.70. The first-order valence-corrected chi connectivity index (χ1v) is 14.2. The molecule has 0 radical (unpaired) electrons. The van der Waals surface area contributed by atoms with Crippen molar-refractivity contribution in [2.75, 3.05) is 42.8 Å². The van der Waals surface area contributed by atoms with E-state index in [1.165, 1.54) is 9.21 Å². The Kier molecular flexibility index (Phi) is 7.54. The summed E-state index contributed by atoms with van der Waals surface area (Å²) in [6.07, 6.45) is -2.04. The van der Waals surface area contributed by atoms with Crippen LogP contribution in [0.5, 0.6) is 0 Å². The van der Waals surface area contributed by atoms with Crippen molar-refractivity contribution >= 4 is 21.8 Å². The van der Waals surface area contributed by atoms with Crippen LogP contribution in [0.1, 0.15) is 30.7 Å². The van der Waals surface area contributed by atoms with Gasteiger partial charge < -0.3 is 19.3 Å². The lowest BCUT2D eigenvalue weighted by Gasteiger charge is -2.52. The number of halogens is 2. The van der Waals surface area contributed by atoms with Crippen LogP contribution in [0.4, 0.5) is 19.3 Å². The molecule has 39 heavy (non-hydrogen) atoms. The average molecular weight is 562 g/mol. The molecule has 1 aromatic heterocycles. The van der Waals surface area contributed by atoms with Crippen LogP contribution in [0, 0.1) is 5.41 Å². The Balaban J connectivity index is 1.24. The van der Waals surface area contributed by atoms with E-state index in [2.05, 4.69) is 15.1 Å². The van der Waals surface area contributed by atoms with Gasteiger partial charge in [0.1, 0.15) is 0 Å². The summed E-state index contributed by atoms with van der Waals surface area (Å²) >= 11 is 0. The molecule has 2 saturated heterocycles. The minimum Gasteiger partial charge on any atom is -0.465 e. The van der Waals surface area contributed by atoms with Gasteiger partial charge in [0.15, 0.2) is 0 Å². The second-order valence-corrected chi connectivity index (χ2v) is 12.1. The molecule has 2 aliphatic heterocycles. The minimum absolute atomic E-state index is 0.0260. The molecule has 0 aliphatic carbocycles. The van der Waals surface area contributed by atoms with Crippen molar-refractivity contribution in [1.29, 1.82) is 0 Å². The van der Waals surface area contributed by atoms with Gasteiger partial charge in [0.25, 0.3) is 5.89 Å². The number of nitrogens with zero attached hydrogens (tertiary/aromatic N) is 5. The molecule has 208 valence electrons. The number of carbonyl (C=O) groups is 1. The lowest BCUT2D eigenvalue weighted by molar-refractivity contribution is -0.0327. The fraction of sp³-hybridized carbons (Fsp3) is 0.423. The third kappa shape index (κ3) is 6.04. The van der Waals surface area contributed by atoms with Gasteiger partial charge in [0, 0.05) is 30.6 Å². The number of anilines is 1. The Morgan fingerprint density at radius 1 is 1.05 bits per heavy atom. The quantitative estimate of drug-likeness (QED) is 0.415. The Hall–Kier alpha value is -3.58. The Morgan fingerprint density at radius 3 is 2.31 bits per heavy atom. The average Bonchev–Trinajstić information content (AvgIpc) is 3.41. The summed E-state index contributed by atoms with van der Waals surface area (Å²) < 4.78 is 59.0. The molecule has 0 unspecified atom stereocenters. The van der Waals surface area contributed by atoms with Crippen LogP contribution in [0.2, 0.25) is 0 Å². The number of piperidine rings is 1. The fourth-order valence-corrected chi connectivity index (χ4v) is 6.62. The number of carboxylic acid groups (broad SMARTS) is 1. The molecule has 0 atom stereocenters. The maximum absolute atomic E-state index is 13.6. The molecule has 1 amide bonds. The topological polar surface area (TPSA) is 120 Å². The molecule has 0 saturated carbocycles. The molecule has 3 aromatic rings. The van der Waals surface area contributed by atoms with E-state index in [0.29, 0.717) is 36.4 Å². The molecular formula is C26H29F2N5O5S. The van der Waals surface area contributed by atoms with Gasteiger partial charge >= 0.3 is 12.5 Å². The molecule has 3 heterocycles. The van der Waals surface area contributed by atoms with Crippen molar-refractivity contribution in [2.24, 2.45) is 5.41 Å². The van der Waals surface area contributed by atoms with Crippen LogP contribution < -0.4 is 4.31 Å². The number of hydrogen-bond acceptors (Lipinski definition) is 7. The molecule has 13 heteroatoms. The van der Waals surface area contributed by atoms with Crippen LogP contribution in [0.15, 0.2) is 59.0 Å². The molecule has 10 nitrogen and oxygen atoms in total. The summed E-state index contributed by atoms with van der Waals surface area (Å²) in [5.41, 5.74) is 1.72. The summed E-state index contributed by atoms with van der Waals surface area (Å²) in [5.74, 6) is -0.855. The van der Waals surface area contributed by atoms with Crippen LogP contribution >= 0.6 is 0 Å². The summed E-state index contributed by atoms with van der Waals surface area (Å²) in [4.78, 5) is 14.7. The van der Waals surface area contributed by atoms with E-state index in [-0.39, 0.29) is 23.6 Å². The lowest BCUT2D eigenvalue weighted by Crippen LogP contribution is -2.61. The molecule has 2 fully saturated rings. The molecule has 5 rings (SSSR count). The number of amides is 1. The van der Waals surface area contributed by atoms with Crippen molar-refractivity contribution in [2.45, 2.75) is 25.8 Å². The summed E-state index contributed by atoms with van der Waals surface area (Å²) in [7, 11) is -3.70. The number of sulfonamides is 1. The van der Waals surface area contributed by atoms with Crippen LogP contribution in [-0.2, 0) is 16.6 Å². The highest BCUT2D eigenvalue weighted by molar-refractivity contribution is 7.92. The second-order valence-electron chi connectivity index (χ2n) is 10.1. The normalized spacial score (nSPS) is 17.4. The lowest BCUT2D eigenvalue weighted by atomic mass is 9.72. The van der Waals surface area contributed by atoms with E-state index in [1.807, 2.05) is 6.07 Å². The first-order valence-electron chi connectivity index (χ1n) is 12.6. The first-order chi connectivity index (χ1) is 18.6. The van der Waals surface area contributed by atoms with Gasteiger partial charge in [-0.25, -0.2) is 13.2 Å². The van der Waals surface area contributed by atoms with Gasteiger partial charge in [-0.3, -0.25) is 4.31 Å². The zero-order valence-electron chi connectivity index (χ0n) is 21.1. The second kappa shape index (κ2) is 10.9. The summed E-state index contributed by atoms with van der Waals surface area (Å²) in [5, 5.41) is 16.1. The number of aromatic nitrogens is 2. The highest BCUT2D eigenvalue weighted by Gasteiger charge is 2.46. The highest BCUT2D eigenvalue weighted by Crippen LogP contribution is 2.40. The monoisotopic (exact) mass is 561 g/mol. The summed E-state index contributed by atoms with van der Waals surface area (Å²) in [6, 6.07) is 15.5. The third-order valence-electron chi connectivity index (χ3n) is 7.44. The Morgan fingerprint density at radius 2 is 1.72 bits per heavy atom. The number of benzene rings is 2. The zero-order valence-corrected chi connectivity index (χ0v) is 21.9. The standard InChI is InChI=1S/C26H29F2N5O5S/c27-22(28)24-30-29-23(38-24)20-8-6-19(7-9-20)16-33(21-4-2-1-3-5-21)39(36,37)15-14-31-12-10-26(11-13-31)17-32(18-26)25(34)35/h1-9,22H,10-18H2,(H,34,35). The predicted molar refractivity (Wildman–Crippen MR) is 139 cm³/mol. The number of rotatable bonds is 9. The maximum atomic E-state index is 13.6. The van der Waals surface area contributed by atoms with Crippen molar-refractivity contribution in [1.82, 2.24) is 20.0 Å². The van der Waals surface area contributed by atoms with Crippen molar-refractivity contribution < 1.29 is 31.5 Å². The van der Waals surface area contributed by atoms with E-state index in [4.69, 9.17) is 9.52 Å². The van der Waals surface area contributed by atoms with Gasteiger partial charge in [-0.15, -0.1) is 10.2 Å². The number of likely N-dealkylation sites (tertiary alicyclic amines) is 2. The van der Waals surface area contributed by atoms with Gasteiger partial charge in [-0.2, -0.15) is 8.78 Å². The van der Waals surface area contributed by atoms with E-state index in [0.717, 1.165) is 25.9 Å². The zero-order chi connectivity index (χ0) is 27.6. The van der Waals surface area contributed by atoms with E-state index >= 15 is 0 Å². The van der Waals surface area contributed by atoms with E-state index in [1.54, 1.807) is 48.5 Å². The maximum Gasteiger partial charge on any atom is 0.407 e. The summed E-state index contributed by atoms with van der Waals surface area (Å²) in [6.45, 7) is 3.04. The predicted octanol–water partition coefficient (Wildman–Crippen LogP) is 4.09. The third-order valence-corrected chi connectivity index (χ3v) is 9.15.